The molecule has 2 aromatic rings. The summed E-state index contributed by atoms with van der Waals surface area (Å²) >= 11 is 6.03. The van der Waals surface area contributed by atoms with E-state index in [1.165, 1.54) is 6.07 Å². The van der Waals surface area contributed by atoms with Gasteiger partial charge in [-0.3, -0.25) is 4.79 Å². The zero-order valence-electron chi connectivity index (χ0n) is 13.1. The number of phenolic OH excluding ortho intramolecular Hbond substituents is 1. The number of amides is 1. The van der Waals surface area contributed by atoms with Gasteiger partial charge in [-0.25, -0.2) is 0 Å². The number of carbonyl (C=O) groups excluding carboxylic acids is 1. The average molecular weight is 350 g/mol. The lowest BCUT2D eigenvalue weighted by molar-refractivity contribution is -0.885. The van der Waals surface area contributed by atoms with Gasteiger partial charge in [0.15, 0.2) is 18.0 Å². The summed E-state index contributed by atoms with van der Waals surface area (Å²) in [6.45, 7) is 0.860. The summed E-state index contributed by atoms with van der Waals surface area (Å²) in [5, 5.41) is 13.3. The Balaban J connectivity index is 1.60. The molecule has 0 bridgehead atoms. The average Bonchev–Trinajstić information content (AvgIpc) is 2.97. The third-order valence-electron chi connectivity index (χ3n) is 3.68. The number of likely N-dealkylation sites (N-methyl/N-ethyl adjacent to an activating group) is 1. The molecule has 0 radical (unpaired) electrons. The maximum absolute atomic E-state index is 12.1. The summed E-state index contributed by atoms with van der Waals surface area (Å²) < 4.78 is 10.5. The molecular formula is C17H18ClN2O4+. The van der Waals surface area contributed by atoms with Crippen molar-refractivity contribution < 1.29 is 24.3 Å². The summed E-state index contributed by atoms with van der Waals surface area (Å²) in [5.41, 5.74) is 1.28. The molecule has 0 spiro atoms. The molecule has 1 amide bonds. The minimum absolute atomic E-state index is 0.130. The molecule has 0 saturated carbocycles. The highest BCUT2D eigenvalue weighted by atomic mass is 35.5. The highest BCUT2D eigenvalue weighted by molar-refractivity contribution is 6.33. The van der Waals surface area contributed by atoms with Gasteiger partial charge in [-0.15, -0.1) is 0 Å². The van der Waals surface area contributed by atoms with Crippen LogP contribution in [0.3, 0.4) is 0 Å². The molecule has 24 heavy (non-hydrogen) atoms. The quantitative estimate of drug-likeness (QED) is 0.763. The van der Waals surface area contributed by atoms with Crippen LogP contribution in [0, 0.1) is 0 Å². The highest BCUT2D eigenvalue weighted by Crippen LogP contribution is 2.37. The van der Waals surface area contributed by atoms with E-state index in [1.54, 1.807) is 24.3 Å². The Hall–Kier alpha value is -2.44. The van der Waals surface area contributed by atoms with E-state index >= 15 is 0 Å². The zero-order valence-corrected chi connectivity index (χ0v) is 13.9. The number of benzene rings is 2. The number of phenols is 1. The fourth-order valence-corrected chi connectivity index (χ4v) is 2.72. The number of quaternary nitrogens is 1. The van der Waals surface area contributed by atoms with E-state index in [0.29, 0.717) is 34.3 Å². The number of rotatable bonds is 5. The highest BCUT2D eigenvalue weighted by Gasteiger charge is 2.20. The van der Waals surface area contributed by atoms with Gasteiger partial charge >= 0.3 is 0 Å². The van der Waals surface area contributed by atoms with Crippen molar-refractivity contribution in [2.45, 2.75) is 6.54 Å². The van der Waals surface area contributed by atoms with Crippen molar-refractivity contribution in [3.05, 3.63) is 47.0 Å². The number of ether oxygens (including phenoxy) is 2. The van der Waals surface area contributed by atoms with Crippen LogP contribution in [0.15, 0.2) is 36.4 Å². The van der Waals surface area contributed by atoms with E-state index in [4.69, 9.17) is 21.1 Å². The van der Waals surface area contributed by atoms with Gasteiger partial charge in [0.2, 0.25) is 6.79 Å². The number of para-hydroxylation sites is 1. The molecule has 0 aromatic heterocycles. The molecule has 3 rings (SSSR count). The first-order chi connectivity index (χ1) is 11.5. The molecule has 1 heterocycles. The summed E-state index contributed by atoms with van der Waals surface area (Å²) in [7, 11) is 1.87. The van der Waals surface area contributed by atoms with Crippen LogP contribution in [0.4, 0.5) is 5.69 Å². The van der Waals surface area contributed by atoms with E-state index in [-0.39, 0.29) is 25.0 Å². The third kappa shape index (κ3) is 3.72. The lowest BCUT2D eigenvalue weighted by atomic mass is 10.1. The van der Waals surface area contributed by atoms with Crippen LogP contribution >= 0.6 is 11.6 Å². The summed E-state index contributed by atoms with van der Waals surface area (Å²) in [5.74, 6) is 1.12. The Morgan fingerprint density at radius 3 is 2.75 bits per heavy atom. The summed E-state index contributed by atoms with van der Waals surface area (Å²) in [6, 6.07) is 10.4. The van der Waals surface area contributed by atoms with E-state index in [0.717, 1.165) is 4.90 Å². The zero-order chi connectivity index (χ0) is 17.1. The van der Waals surface area contributed by atoms with Crippen LogP contribution in [0.5, 0.6) is 17.2 Å². The van der Waals surface area contributed by atoms with Crippen molar-refractivity contribution in [1.29, 1.82) is 0 Å². The molecule has 1 atom stereocenters. The lowest BCUT2D eigenvalue weighted by Crippen LogP contribution is -3.08. The van der Waals surface area contributed by atoms with Crippen molar-refractivity contribution in [2.75, 3.05) is 25.7 Å². The Kier molecular flexibility index (Phi) is 4.78. The van der Waals surface area contributed by atoms with Crippen molar-refractivity contribution in [2.24, 2.45) is 0 Å². The molecular weight excluding hydrogens is 332 g/mol. The van der Waals surface area contributed by atoms with Crippen LogP contribution in [0.25, 0.3) is 0 Å². The standard InChI is InChI=1S/C17H17ClN2O4/c1-20(9-17(22)19-13-5-3-2-4-12(13)18)8-11-6-15-16(7-14(11)21)24-10-23-15/h2-7,21H,8-10H2,1H3,(H,19,22)/p+1. The van der Waals surface area contributed by atoms with Gasteiger partial charge in [-0.1, -0.05) is 23.7 Å². The van der Waals surface area contributed by atoms with Crippen molar-refractivity contribution in [3.8, 4) is 17.2 Å². The van der Waals surface area contributed by atoms with Crippen LogP contribution in [0.1, 0.15) is 5.56 Å². The first-order valence-corrected chi connectivity index (χ1v) is 7.88. The molecule has 0 aliphatic carbocycles. The van der Waals surface area contributed by atoms with Gasteiger partial charge in [-0.05, 0) is 18.2 Å². The molecule has 1 unspecified atom stereocenters. The first kappa shape index (κ1) is 16.4. The van der Waals surface area contributed by atoms with Crippen molar-refractivity contribution >= 4 is 23.2 Å². The predicted molar refractivity (Wildman–Crippen MR) is 89.8 cm³/mol. The monoisotopic (exact) mass is 349 g/mol. The van der Waals surface area contributed by atoms with Gasteiger partial charge in [0.25, 0.3) is 5.91 Å². The number of carbonyl (C=O) groups is 1. The Bertz CT molecular complexity index is 766. The molecule has 0 saturated heterocycles. The Morgan fingerprint density at radius 1 is 1.29 bits per heavy atom. The topological polar surface area (TPSA) is 72.2 Å². The normalized spacial score (nSPS) is 13.6. The van der Waals surface area contributed by atoms with Crippen LogP contribution < -0.4 is 19.7 Å². The smallest absolute Gasteiger partial charge is 0.279 e. The predicted octanol–water partition coefficient (Wildman–Crippen LogP) is 1.43. The fraction of sp³-hybridized carbons (Fsp3) is 0.235. The van der Waals surface area contributed by atoms with Crippen LogP contribution in [-0.2, 0) is 11.3 Å². The Morgan fingerprint density at radius 2 is 2.00 bits per heavy atom. The number of aromatic hydroxyl groups is 1. The molecule has 1 aliphatic heterocycles. The molecule has 2 aromatic carbocycles. The maximum atomic E-state index is 12.1. The second kappa shape index (κ2) is 6.98. The second-order valence-corrected chi connectivity index (χ2v) is 6.08. The molecule has 0 fully saturated rings. The van der Waals surface area contributed by atoms with Gasteiger partial charge in [-0.2, -0.15) is 0 Å². The molecule has 7 heteroatoms. The minimum atomic E-state index is -0.152. The van der Waals surface area contributed by atoms with Crippen molar-refractivity contribution in [3.63, 3.8) is 0 Å². The molecule has 1 aliphatic rings. The largest absolute Gasteiger partial charge is 0.507 e. The SMILES string of the molecule is C[NH+](CC(=O)Nc1ccccc1Cl)Cc1cc2c(cc1O)OCO2. The van der Waals surface area contributed by atoms with Crippen molar-refractivity contribution in [1.82, 2.24) is 0 Å². The lowest BCUT2D eigenvalue weighted by Gasteiger charge is -2.15. The summed E-state index contributed by atoms with van der Waals surface area (Å²) in [6.07, 6.45) is 0. The second-order valence-electron chi connectivity index (χ2n) is 5.67. The number of hydrogen-bond donors (Lipinski definition) is 3. The van der Waals surface area contributed by atoms with Gasteiger partial charge in [0, 0.05) is 6.07 Å². The van der Waals surface area contributed by atoms with E-state index in [9.17, 15) is 9.90 Å². The van der Waals surface area contributed by atoms with Gasteiger partial charge in [0.1, 0.15) is 12.3 Å². The fourth-order valence-electron chi connectivity index (χ4n) is 2.53. The number of halogens is 1. The number of nitrogens with one attached hydrogen (secondary N) is 2. The van der Waals surface area contributed by atoms with E-state index in [1.807, 2.05) is 13.1 Å². The minimum Gasteiger partial charge on any atom is -0.507 e. The third-order valence-corrected chi connectivity index (χ3v) is 4.01. The number of fused-ring (bicyclic) bond motifs is 1. The molecule has 126 valence electrons. The Labute approximate surface area is 144 Å². The van der Waals surface area contributed by atoms with E-state index in [2.05, 4.69) is 5.32 Å². The van der Waals surface area contributed by atoms with E-state index < -0.39 is 0 Å². The summed E-state index contributed by atoms with van der Waals surface area (Å²) in [4.78, 5) is 13.1. The molecule has 6 nitrogen and oxygen atoms in total. The number of hydrogen-bond acceptors (Lipinski definition) is 4. The van der Waals surface area contributed by atoms with Crippen LogP contribution in [0.2, 0.25) is 5.02 Å². The number of anilines is 1. The first-order valence-electron chi connectivity index (χ1n) is 7.50. The van der Waals surface area contributed by atoms with Gasteiger partial charge in [0.05, 0.1) is 23.3 Å². The molecule has 3 N–H and O–H groups in total. The maximum Gasteiger partial charge on any atom is 0.279 e. The van der Waals surface area contributed by atoms with Gasteiger partial charge < -0.3 is 24.8 Å². The van der Waals surface area contributed by atoms with Crippen LogP contribution in [-0.4, -0.2) is 31.4 Å².